The van der Waals surface area contributed by atoms with Crippen LogP contribution < -0.4 is 9.62 Å². The number of rotatable bonds is 6. The number of nitrogens with zero attached hydrogens (tertiary/aromatic N) is 1. The summed E-state index contributed by atoms with van der Waals surface area (Å²) >= 11 is 0. The first-order valence-electron chi connectivity index (χ1n) is 8.98. The molecule has 0 fully saturated rings. The number of carbonyl (C=O) groups is 1. The van der Waals surface area contributed by atoms with Gasteiger partial charge in [0, 0.05) is 5.69 Å². The van der Waals surface area contributed by atoms with Gasteiger partial charge in [-0.25, -0.2) is 12.8 Å². The smallest absolute Gasteiger partial charge is 0.264 e. The number of halogens is 1. The molecule has 0 aromatic heterocycles. The van der Waals surface area contributed by atoms with Gasteiger partial charge in [0.15, 0.2) is 0 Å². The van der Waals surface area contributed by atoms with Crippen LogP contribution in [0.1, 0.15) is 11.1 Å². The van der Waals surface area contributed by atoms with E-state index in [2.05, 4.69) is 5.32 Å². The lowest BCUT2D eigenvalue weighted by Crippen LogP contribution is -2.38. The molecule has 0 heterocycles. The molecule has 0 aliphatic carbocycles. The van der Waals surface area contributed by atoms with Gasteiger partial charge in [0.25, 0.3) is 10.0 Å². The molecule has 1 amide bonds. The lowest BCUT2D eigenvalue weighted by atomic mass is 10.1. The first-order chi connectivity index (χ1) is 13.8. The average molecular weight is 412 g/mol. The molecule has 7 heteroatoms. The van der Waals surface area contributed by atoms with E-state index in [9.17, 15) is 17.6 Å². The van der Waals surface area contributed by atoms with Crippen molar-refractivity contribution >= 4 is 27.3 Å². The maximum Gasteiger partial charge on any atom is 0.264 e. The predicted molar refractivity (Wildman–Crippen MR) is 112 cm³/mol. The Kier molecular flexibility index (Phi) is 5.98. The first-order valence-corrected chi connectivity index (χ1v) is 10.4. The van der Waals surface area contributed by atoms with Crippen molar-refractivity contribution in [3.63, 3.8) is 0 Å². The molecular formula is C22H21FN2O3S. The fraction of sp³-hybridized carbons (Fsp3) is 0.136. The highest BCUT2D eigenvalue weighted by Gasteiger charge is 2.27. The molecule has 3 aromatic rings. The summed E-state index contributed by atoms with van der Waals surface area (Å²) in [5, 5.41) is 2.79. The van der Waals surface area contributed by atoms with E-state index in [1.165, 1.54) is 24.3 Å². The van der Waals surface area contributed by atoms with E-state index in [1.54, 1.807) is 18.2 Å². The molecule has 0 aliphatic heterocycles. The summed E-state index contributed by atoms with van der Waals surface area (Å²) in [5.41, 5.74) is 2.59. The van der Waals surface area contributed by atoms with Gasteiger partial charge in [0.05, 0.1) is 10.6 Å². The molecule has 0 atom stereocenters. The standard InChI is InChI=1S/C22H21FN2O3S/c1-16-7-6-8-17(2)22(16)24-21(26)15-25(19-13-11-18(23)12-14-19)29(27,28)20-9-4-3-5-10-20/h3-14H,15H2,1-2H3,(H,24,26). The summed E-state index contributed by atoms with van der Waals surface area (Å²) in [6, 6.07) is 18.4. The van der Waals surface area contributed by atoms with E-state index >= 15 is 0 Å². The Balaban J connectivity index is 1.96. The summed E-state index contributed by atoms with van der Waals surface area (Å²) in [4.78, 5) is 12.8. The van der Waals surface area contributed by atoms with Crippen LogP contribution in [0.3, 0.4) is 0 Å². The van der Waals surface area contributed by atoms with Gasteiger partial charge in [-0.05, 0) is 61.4 Å². The number of nitrogens with one attached hydrogen (secondary N) is 1. The largest absolute Gasteiger partial charge is 0.324 e. The van der Waals surface area contributed by atoms with Crippen LogP contribution in [0.25, 0.3) is 0 Å². The van der Waals surface area contributed by atoms with Gasteiger partial charge in [0.2, 0.25) is 5.91 Å². The molecule has 29 heavy (non-hydrogen) atoms. The Hall–Kier alpha value is -3.19. The minimum atomic E-state index is -4.02. The minimum absolute atomic E-state index is 0.0456. The Morgan fingerprint density at radius 1 is 0.897 bits per heavy atom. The van der Waals surface area contributed by atoms with Crippen LogP contribution in [0.2, 0.25) is 0 Å². The van der Waals surface area contributed by atoms with E-state index in [0.717, 1.165) is 27.6 Å². The van der Waals surface area contributed by atoms with E-state index < -0.39 is 28.3 Å². The molecule has 0 saturated heterocycles. The fourth-order valence-corrected chi connectivity index (χ4v) is 4.41. The molecule has 0 unspecified atom stereocenters. The number of hydrogen-bond donors (Lipinski definition) is 1. The third-order valence-corrected chi connectivity index (χ3v) is 6.27. The second-order valence-electron chi connectivity index (χ2n) is 6.62. The number of hydrogen-bond acceptors (Lipinski definition) is 3. The summed E-state index contributed by atoms with van der Waals surface area (Å²) in [5.74, 6) is -0.989. The zero-order valence-electron chi connectivity index (χ0n) is 16.1. The van der Waals surface area contributed by atoms with Crippen LogP contribution >= 0.6 is 0 Å². The number of sulfonamides is 1. The molecule has 0 bridgehead atoms. The lowest BCUT2D eigenvalue weighted by Gasteiger charge is -2.24. The monoisotopic (exact) mass is 412 g/mol. The Morgan fingerprint density at radius 3 is 2.07 bits per heavy atom. The van der Waals surface area contributed by atoms with E-state index in [-0.39, 0.29) is 10.6 Å². The van der Waals surface area contributed by atoms with Gasteiger partial charge < -0.3 is 5.32 Å². The Bertz CT molecular complexity index is 1090. The summed E-state index contributed by atoms with van der Waals surface area (Å²) in [6.45, 7) is 3.28. The third-order valence-electron chi connectivity index (χ3n) is 4.48. The van der Waals surface area contributed by atoms with E-state index in [0.29, 0.717) is 5.69 Å². The van der Waals surface area contributed by atoms with Crippen LogP contribution in [0.5, 0.6) is 0 Å². The highest BCUT2D eigenvalue weighted by Crippen LogP contribution is 2.25. The highest BCUT2D eigenvalue weighted by molar-refractivity contribution is 7.92. The minimum Gasteiger partial charge on any atom is -0.324 e. The van der Waals surface area contributed by atoms with Crippen molar-refractivity contribution in [1.29, 1.82) is 0 Å². The molecule has 0 spiro atoms. The average Bonchev–Trinajstić information content (AvgIpc) is 2.70. The SMILES string of the molecule is Cc1cccc(C)c1NC(=O)CN(c1ccc(F)cc1)S(=O)(=O)c1ccccc1. The van der Waals surface area contributed by atoms with Crippen molar-refractivity contribution in [3.05, 3.63) is 89.7 Å². The zero-order valence-corrected chi connectivity index (χ0v) is 16.9. The summed E-state index contributed by atoms with van der Waals surface area (Å²) in [6.07, 6.45) is 0. The van der Waals surface area contributed by atoms with Gasteiger partial charge in [-0.1, -0.05) is 36.4 Å². The van der Waals surface area contributed by atoms with Crippen molar-refractivity contribution in [2.45, 2.75) is 18.7 Å². The molecule has 0 saturated carbocycles. The summed E-state index contributed by atoms with van der Waals surface area (Å²) in [7, 11) is -4.02. The fourth-order valence-electron chi connectivity index (χ4n) is 2.96. The molecule has 150 valence electrons. The molecule has 0 radical (unpaired) electrons. The number of benzene rings is 3. The van der Waals surface area contributed by atoms with Gasteiger partial charge in [0.1, 0.15) is 12.4 Å². The number of para-hydroxylation sites is 1. The lowest BCUT2D eigenvalue weighted by molar-refractivity contribution is -0.114. The van der Waals surface area contributed by atoms with Gasteiger partial charge in [-0.3, -0.25) is 9.10 Å². The van der Waals surface area contributed by atoms with E-state index in [4.69, 9.17) is 0 Å². The Morgan fingerprint density at radius 2 is 1.48 bits per heavy atom. The second-order valence-corrected chi connectivity index (χ2v) is 8.48. The number of aryl methyl sites for hydroxylation is 2. The topological polar surface area (TPSA) is 66.5 Å². The normalized spacial score (nSPS) is 11.1. The summed E-state index contributed by atoms with van der Waals surface area (Å²) < 4.78 is 40.7. The maximum absolute atomic E-state index is 13.4. The molecular weight excluding hydrogens is 391 g/mol. The maximum atomic E-state index is 13.4. The molecule has 5 nitrogen and oxygen atoms in total. The van der Waals surface area contributed by atoms with E-state index in [1.807, 2.05) is 32.0 Å². The second kappa shape index (κ2) is 8.45. The highest BCUT2D eigenvalue weighted by atomic mass is 32.2. The number of anilines is 2. The van der Waals surface area contributed by atoms with Crippen LogP contribution in [-0.2, 0) is 14.8 Å². The molecule has 0 aliphatic rings. The first kappa shape index (κ1) is 20.5. The third kappa shape index (κ3) is 4.63. The van der Waals surface area contributed by atoms with Crippen molar-refractivity contribution in [2.75, 3.05) is 16.2 Å². The zero-order chi connectivity index (χ0) is 21.0. The quantitative estimate of drug-likeness (QED) is 0.657. The predicted octanol–water partition coefficient (Wildman–Crippen LogP) is 4.28. The molecule has 3 aromatic carbocycles. The van der Waals surface area contributed by atoms with Crippen LogP contribution in [0.4, 0.5) is 15.8 Å². The number of amides is 1. The van der Waals surface area contributed by atoms with Gasteiger partial charge in [-0.15, -0.1) is 0 Å². The van der Waals surface area contributed by atoms with Crippen molar-refractivity contribution in [3.8, 4) is 0 Å². The van der Waals surface area contributed by atoms with Crippen molar-refractivity contribution in [1.82, 2.24) is 0 Å². The molecule has 3 rings (SSSR count). The van der Waals surface area contributed by atoms with Gasteiger partial charge in [-0.2, -0.15) is 0 Å². The Labute approximate surface area is 169 Å². The molecule has 1 N–H and O–H groups in total. The van der Waals surface area contributed by atoms with Crippen LogP contribution in [-0.4, -0.2) is 20.9 Å². The van der Waals surface area contributed by atoms with Gasteiger partial charge >= 0.3 is 0 Å². The van der Waals surface area contributed by atoms with Crippen molar-refractivity contribution < 1.29 is 17.6 Å². The van der Waals surface area contributed by atoms with Crippen molar-refractivity contribution in [2.24, 2.45) is 0 Å². The van der Waals surface area contributed by atoms with Crippen LogP contribution in [0.15, 0.2) is 77.7 Å². The van der Waals surface area contributed by atoms with Crippen LogP contribution in [0, 0.1) is 19.7 Å². The number of carbonyl (C=O) groups excluding carboxylic acids is 1.